The average Bonchev–Trinajstić information content (AvgIpc) is 3.61. The van der Waals surface area contributed by atoms with E-state index in [1.165, 1.54) is 4.90 Å². The number of rotatable bonds is 10. The molecule has 3 fully saturated rings. The van der Waals surface area contributed by atoms with Gasteiger partial charge in [0, 0.05) is 19.7 Å². The number of ether oxygens (including phenoxy) is 1. The molecular formula is C25H34N6O5. The van der Waals surface area contributed by atoms with Crippen LogP contribution in [0.15, 0.2) is 24.3 Å². The van der Waals surface area contributed by atoms with Crippen molar-refractivity contribution < 1.29 is 24.2 Å². The fourth-order valence-electron chi connectivity index (χ4n) is 6.54. The number of carbonyl (C=O) groups excluding carboxylic acids is 3. The first kappa shape index (κ1) is 24.6. The Balaban J connectivity index is 1.46. The van der Waals surface area contributed by atoms with Crippen LogP contribution in [-0.2, 0) is 25.8 Å². The molecule has 1 aromatic heterocycles. The van der Waals surface area contributed by atoms with Crippen molar-refractivity contribution in [2.75, 3.05) is 19.7 Å². The van der Waals surface area contributed by atoms with Crippen LogP contribution in [0.5, 0.6) is 0 Å². The lowest BCUT2D eigenvalue weighted by Crippen LogP contribution is -2.55. The van der Waals surface area contributed by atoms with Gasteiger partial charge in [0.1, 0.15) is 23.8 Å². The Morgan fingerprint density at radius 1 is 1.19 bits per heavy atom. The molecule has 3 N–H and O–H groups in total. The zero-order valence-corrected chi connectivity index (χ0v) is 20.8. The molecule has 0 radical (unpaired) electrons. The number of nitrogens with one attached hydrogen (secondary N) is 2. The van der Waals surface area contributed by atoms with Crippen molar-refractivity contribution in [1.29, 1.82) is 0 Å². The summed E-state index contributed by atoms with van der Waals surface area (Å²) in [5, 5.41) is 23.6. The largest absolute Gasteiger partial charge is 0.396 e. The number of amides is 3. The molecule has 5 atom stereocenters. The summed E-state index contributed by atoms with van der Waals surface area (Å²) >= 11 is 0. The van der Waals surface area contributed by atoms with Gasteiger partial charge in [0.2, 0.25) is 17.7 Å². The molecule has 0 saturated carbocycles. The number of nitrogens with zero attached hydrogens (tertiary/aromatic N) is 4. The topological polar surface area (TPSA) is 139 Å². The summed E-state index contributed by atoms with van der Waals surface area (Å²) in [6.45, 7) is 4.65. The van der Waals surface area contributed by atoms with Crippen LogP contribution >= 0.6 is 0 Å². The van der Waals surface area contributed by atoms with Crippen molar-refractivity contribution in [1.82, 2.24) is 30.5 Å². The number of likely N-dealkylation sites (tertiary alicyclic amines) is 1. The number of hydrogen-bond acceptors (Lipinski definition) is 7. The Bertz CT molecular complexity index is 1170. The average molecular weight is 499 g/mol. The van der Waals surface area contributed by atoms with Gasteiger partial charge in [-0.25, -0.2) is 4.68 Å². The van der Waals surface area contributed by atoms with Crippen molar-refractivity contribution >= 4 is 28.8 Å². The second kappa shape index (κ2) is 9.44. The number of aliphatic hydroxyl groups is 1. The van der Waals surface area contributed by atoms with Gasteiger partial charge in [-0.15, -0.1) is 5.10 Å². The molecule has 11 nitrogen and oxygen atoms in total. The van der Waals surface area contributed by atoms with E-state index in [-0.39, 0.29) is 37.5 Å². The summed E-state index contributed by atoms with van der Waals surface area (Å²) in [5.74, 6) is -2.17. The van der Waals surface area contributed by atoms with E-state index in [4.69, 9.17) is 4.74 Å². The standard InChI is InChI=1S/C25H34N6O5/c1-3-12-26-21(33)18-19-23(35)30(13-7-14-32)20(25(19)11-10-24(18,4-2)36-25)22(34)27-15-31-17-9-6-5-8-16(17)28-29-31/h5-6,8-9,18-20,32H,3-4,7,10-15H2,1-2H3,(H,26,33)(H,27,34)/t18-,19-,20?,24+,25?/m0/s1. The molecule has 0 aliphatic carbocycles. The van der Waals surface area contributed by atoms with Gasteiger partial charge in [-0.1, -0.05) is 31.2 Å². The summed E-state index contributed by atoms with van der Waals surface area (Å²) in [5.41, 5.74) is -0.341. The summed E-state index contributed by atoms with van der Waals surface area (Å²) < 4.78 is 8.27. The van der Waals surface area contributed by atoms with Crippen LogP contribution < -0.4 is 10.6 Å². The second-order valence-corrected chi connectivity index (χ2v) is 10.0. The van der Waals surface area contributed by atoms with Crippen molar-refractivity contribution in [2.24, 2.45) is 11.8 Å². The smallest absolute Gasteiger partial charge is 0.247 e. The quantitative estimate of drug-likeness (QED) is 0.435. The number of aliphatic hydroxyl groups excluding tert-OH is 1. The highest BCUT2D eigenvalue weighted by Crippen LogP contribution is 2.64. The van der Waals surface area contributed by atoms with Gasteiger partial charge in [-0.05, 0) is 44.2 Å². The maximum Gasteiger partial charge on any atom is 0.247 e. The van der Waals surface area contributed by atoms with Crippen LogP contribution in [0, 0.1) is 11.8 Å². The molecule has 11 heteroatoms. The van der Waals surface area contributed by atoms with Crippen molar-refractivity contribution in [3.05, 3.63) is 24.3 Å². The van der Waals surface area contributed by atoms with Gasteiger partial charge in [-0.3, -0.25) is 14.4 Å². The Morgan fingerprint density at radius 2 is 2.00 bits per heavy atom. The predicted molar refractivity (Wildman–Crippen MR) is 129 cm³/mol. The number of carbonyl (C=O) groups is 3. The fraction of sp³-hybridized carbons (Fsp3) is 0.640. The first-order valence-corrected chi connectivity index (χ1v) is 12.9. The van der Waals surface area contributed by atoms with E-state index in [0.717, 1.165) is 17.5 Å². The minimum absolute atomic E-state index is 0.0813. The lowest BCUT2D eigenvalue weighted by molar-refractivity contribution is -0.148. The second-order valence-electron chi connectivity index (χ2n) is 10.0. The van der Waals surface area contributed by atoms with Crippen molar-refractivity contribution in [3.8, 4) is 0 Å². The Kier molecular flexibility index (Phi) is 6.46. The van der Waals surface area contributed by atoms with Gasteiger partial charge in [0.25, 0.3) is 0 Å². The third-order valence-corrected chi connectivity index (χ3v) is 8.14. The highest BCUT2D eigenvalue weighted by molar-refractivity contribution is 5.99. The highest BCUT2D eigenvalue weighted by atomic mass is 16.5. The Hall–Kier alpha value is -3.05. The van der Waals surface area contributed by atoms with E-state index in [0.29, 0.717) is 32.2 Å². The van der Waals surface area contributed by atoms with Crippen LogP contribution in [0.4, 0.5) is 0 Å². The maximum atomic E-state index is 13.8. The number of fused-ring (bicyclic) bond motifs is 2. The molecule has 5 rings (SSSR count). The van der Waals surface area contributed by atoms with Crippen LogP contribution in [0.3, 0.4) is 0 Å². The third kappa shape index (κ3) is 3.59. The molecule has 3 amide bonds. The molecule has 194 valence electrons. The minimum atomic E-state index is -1.08. The third-order valence-electron chi connectivity index (χ3n) is 8.14. The molecule has 3 aliphatic rings. The SMILES string of the molecule is CCCNC(=O)[C@@H]1[C@H]2C(=O)N(CCCO)C(C(=O)NCn3nnc4ccccc43)C23CC[C@@]1(CC)O3. The molecule has 1 aromatic carbocycles. The molecule has 3 saturated heterocycles. The zero-order valence-electron chi connectivity index (χ0n) is 20.8. The molecular weight excluding hydrogens is 464 g/mol. The van der Waals surface area contributed by atoms with Crippen molar-refractivity contribution in [2.45, 2.75) is 69.9 Å². The first-order chi connectivity index (χ1) is 17.4. The maximum absolute atomic E-state index is 13.8. The van der Waals surface area contributed by atoms with E-state index >= 15 is 0 Å². The zero-order chi connectivity index (χ0) is 25.5. The molecule has 1 spiro atoms. The van der Waals surface area contributed by atoms with Crippen molar-refractivity contribution in [3.63, 3.8) is 0 Å². The van der Waals surface area contributed by atoms with Gasteiger partial charge in [0.15, 0.2) is 0 Å². The van der Waals surface area contributed by atoms with Crippen LogP contribution in [-0.4, -0.2) is 79.7 Å². The highest BCUT2D eigenvalue weighted by Gasteiger charge is 2.78. The summed E-state index contributed by atoms with van der Waals surface area (Å²) in [6, 6.07) is 6.56. The number of para-hydroxylation sites is 1. The lowest BCUT2D eigenvalue weighted by Gasteiger charge is -2.34. The summed E-state index contributed by atoms with van der Waals surface area (Å²) in [6.07, 6.45) is 2.83. The molecule has 36 heavy (non-hydrogen) atoms. The molecule has 4 heterocycles. The van der Waals surface area contributed by atoms with Crippen LogP contribution in [0.2, 0.25) is 0 Å². The molecule has 2 unspecified atom stereocenters. The first-order valence-electron chi connectivity index (χ1n) is 12.9. The molecule has 2 aromatic rings. The van der Waals surface area contributed by atoms with Crippen LogP contribution in [0.1, 0.15) is 46.0 Å². The minimum Gasteiger partial charge on any atom is -0.396 e. The molecule has 3 aliphatic heterocycles. The summed E-state index contributed by atoms with van der Waals surface area (Å²) in [7, 11) is 0. The Morgan fingerprint density at radius 3 is 2.75 bits per heavy atom. The van der Waals surface area contributed by atoms with Gasteiger partial charge >= 0.3 is 0 Å². The van der Waals surface area contributed by atoms with E-state index in [9.17, 15) is 19.5 Å². The van der Waals surface area contributed by atoms with Gasteiger partial charge < -0.3 is 25.4 Å². The van der Waals surface area contributed by atoms with Crippen LogP contribution in [0.25, 0.3) is 11.0 Å². The lowest BCUT2D eigenvalue weighted by atomic mass is 9.65. The predicted octanol–water partition coefficient (Wildman–Crippen LogP) is 0.568. The Labute approximate surface area is 209 Å². The number of hydrogen-bond donors (Lipinski definition) is 3. The van der Waals surface area contributed by atoms with Gasteiger partial charge in [0.05, 0.1) is 23.0 Å². The number of benzene rings is 1. The number of aromatic nitrogens is 3. The van der Waals surface area contributed by atoms with E-state index < -0.39 is 29.1 Å². The van der Waals surface area contributed by atoms with E-state index in [1.54, 1.807) is 4.68 Å². The van der Waals surface area contributed by atoms with Gasteiger partial charge in [-0.2, -0.15) is 0 Å². The summed E-state index contributed by atoms with van der Waals surface area (Å²) in [4.78, 5) is 42.4. The van der Waals surface area contributed by atoms with E-state index in [2.05, 4.69) is 20.9 Å². The van der Waals surface area contributed by atoms with E-state index in [1.807, 2.05) is 38.1 Å². The fourth-order valence-corrected chi connectivity index (χ4v) is 6.54. The molecule has 2 bridgehead atoms. The monoisotopic (exact) mass is 498 g/mol. The normalized spacial score (nSPS) is 30.7.